The number of benzene rings is 2. The zero-order valence-electron chi connectivity index (χ0n) is 16.9. The summed E-state index contributed by atoms with van der Waals surface area (Å²) in [5.41, 5.74) is 7.62. The molecule has 0 fully saturated rings. The van der Waals surface area contributed by atoms with Gasteiger partial charge in [-0.2, -0.15) is 0 Å². The quantitative estimate of drug-likeness (QED) is 0.551. The predicted octanol–water partition coefficient (Wildman–Crippen LogP) is 2.15. The molecule has 2 aromatic carbocycles. The lowest BCUT2D eigenvalue weighted by atomic mass is 10.1. The molecule has 29 heavy (non-hydrogen) atoms. The number of rotatable bonds is 9. The highest BCUT2D eigenvalue weighted by atomic mass is 16.5. The first kappa shape index (κ1) is 22.1. The summed E-state index contributed by atoms with van der Waals surface area (Å²) in [4.78, 5) is 12.1. The van der Waals surface area contributed by atoms with E-state index in [1.54, 1.807) is 51.7 Å². The molecular weight excluding hydrogens is 376 g/mol. The average Bonchev–Trinajstić information content (AvgIpc) is 2.76. The highest BCUT2D eigenvalue weighted by Crippen LogP contribution is 2.38. The van der Waals surface area contributed by atoms with Crippen molar-refractivity contribution in [2.24, 2.45) is 5.73 Å². The van der Waals surface area contributed by atoms with E-state index >= 15 is 0 Å². The Bertz CT molecular complexity index is 856. The van der Waals surface area contributed by atoms with E-state index < -0.39 is 18.6 Å². The van der Waals surface area contributed by atoms with Gasteiger partial charge >= 0.3 is 0 Å². The number of nitrogens with two attached hydrogens (primary N) is 1. The van der Waals surface area contributed by atoms with Crippen molar-refractivity contribution >= 4 is 23.7 Å². The maximum Gasteiger partial charge on any atom is 0.243 e. The summed E-state index contributed by atoms with van der Waals surface area (Å²) >= 11 is 0. The smallest absolute Gasteiger partial charge is 0.243 e. The number of hydrogen-bond donors (Lipinski definition) is 3. The molecule has 0 heterocycles. The van der Waals surface area contributed by atoms with E-state index in [1.165, 1.54) is 7.11 Å². The fourth-order valence-electron chi connectivity index (χ4n) is 2.61. The first-order valence-corrected chi connectivity index (χ1v) is 8.80. The van der Waals surface area contributed by atoms with Gasteiger partial charge in [-0.15, -0.1) is 0 Å². The van der Waals surface area contributed by atoms with Gasteiger partial charge in [0.2, 0.25) is 11.7 Å². The highest BCUT2D eigenvalue weighted by Gasteiger charge is 2.15. The minimum Gasteiger partial charge on any atom is -0.497 e. The number of aliphatic hydroxyl groups excluding tert-OH is 1. The van der Waals surface area contributed by atoms with Crippen LogP contribution < -0.4 is 30.0 Å². The van der Waals surface area contributed by atoms with Crippen LogP contribution in [0.25, 0.3) is 12.2 Å². The van der Waals surface area contributed by atoms with Gasteiger partial charge in [0.1, 0.15) is 11.8 Å². The number of amides is 1. The molecule has 0 saturated heterocycles. The lowest BCUT2D eigenvalue weighted by Crippen LogP contribution is -2.38. The lowest BCUT2D eigenvalue weighted by molar-refractivity contribution is -0.118. The van der Waals surface area contributed by atoms with Crippen molar-refractivity contribution in [3.8, 4) is 23.0 Å². The van der Waals surface area contributed by atoms with E-state index in [9.17, 15) is 4.79 Å². The summed E-state index contributed by atoms with van der Waals surface area (Å²) in [5.74, 6) is 1.64. The molecule has 1 atom stereocenters. The highest BCUT2D eigenvalue weighted by molar-refractivity contribution is 5.97. The molecule has 1 amide bonds. The molecule has 0 radical (unpaired) electrons. The molecule has 4 N–H and O–H groups in total. The van der Waals surface area contributed by atoms with Gasteiger partial charge in [0.25, 0.3) is 0 Å². The second kappa shape index (κ2) is 10.4. The van der Waals surface area contributed by atoms with Crippen LogP contribution in [0.5, 0.6) is 23.0 Å². The van der Waals surface area contributed by atoms with Gasteiger partial charge in [0.15, 0.2) is 11.5 Å². The molecule has 2 rings (SSSR count). The zero-order chi connectivity index (χ0) is 21.4. The van der Waals surface area contributed by atoms with Crippen LogP contribution in [0.15, 0.2) is 30.3 Å². The Morgan fingerprint density at radius 2 is 1.69 bits per heavy atom. The van der Waals surface area contributed by atoms with Gasteiger partial charge in [-0.1, -0.05) is 12.2 Å². The van der Waals surface area contributed by atoms with Crippen LogP contribution in [0.2, 0.25) is 0 Å². The van der Waals surface area contributed by atoms with Crippen LogP contribution in [0.4, 0.5) is 5.69 Å². The Morgan fingerprint density at radius 1 is 1.03 bits per heavy atom. The fraction of sp³-hybridized carbons (Fsp3) is 0.286. The maximum atomic E-state index is 12.1. The molecule has 8 nitrogen and oxygen atoms in total. The maximum absolute atomic E-state index is 12.1. The van der Waals surface area contributed by atoms with E-state index in [0.29, 0.717) is 28.7 Å². The van der Waals surface area contributed by atoms with Crippen LogP contribution in [-0.4, -0.2) is 52.1 Å². The number of ether oxygens (including phenoxy) is 4. The van der Waals surface area contributed by atoms with Gasteiger partial charge in [-0.05, 0) is 35.4 Å². The Labute approximate surface area is 169 Å². The van der Waals surface area contributed by atoms with Crippen molar-refractivity contribution in [2.45, 2.75) is 6.04 Å². The molecule has 0 spiro atoms. The number of nitrogens with one attached hydrogen (secondary N) is 1. The Balaban J connectivity index is 2.40. The monoisotopic (exact) mass is 402 g/mol. The summed E-state index contributed by atoms with van der Waals surface area (Å²) in [6, 6.07) is 7.84. The van der Waals surface area contributed by atoms with Crippen LogP contribution >= 0.6 is 0 Å². The molecule has 0 unspecified atom stereocenters. The Kier molecular flexibility index (Phi) is 7.88. The standard InChI is InChI=1S/C21H26N2O6/c1-26-15-8-7-14(17(11-15)23-21(25)16(22)12-24)6-5-13-9-18(27-2)20(29-4)19(10-13)28-3/h5-11,16,24H,12,22H2,1-4H3,(H,23,25)/b6-5-/t16-/m0/s1. The number of hydrogen-bond acceptors (Lipinski definition) is 7. The van der Waals surface area contributed by atoms with Crippen molar-refractivity contribution in [2.75, 3.05) is 40.4 Å². The second-order valence-electron chi connectivity index (χ2n) is 6.02. The summed E-state index contributed by atoms with van der Waals surface area (Å²) in [6.45, 7) is -0.452. The molecule has 0 aliphatic carbocycles. The van der Waals surface area contributed by atoms with E-state index in [-0.39, 0.29) is 0 Å². The third-order valence-electron chi connectivity index (χ3n) is 4.19. The van der Waals surface area contributed by atoms with Gasteiger partial charge in [0.05, 0.1) is 40.7 Å². The number of methoxy groups -OCH3 is 4. The largest absolute Gasteiger partial charge is 0.497 e. The third kappa shape index (κ3) is 5.40. The van der Waals surface area contributed by atoms with Crippen LogP contribution in [0.1, 0.15) is 11.1 Å². The Morgan fingerprint density at radius 3 is 2.21 bits per heavy atom. The summed E-state index contributed by atoms with van der Waals surface area (Å²) in [5, 5.41) is 11.8. The van der Waals surface area contributed by atoms with Crippen LogP contribution in [0, 0.1) is 0 Å². The van der Waals surface area contributed by atoms with Gasteiger partial charge in [-0.3, -0.25) is 4.79 Å². The van der Waals surface area contributed by atoms with Crippen molar-refractivity contribution < 1.29 is 28.8 Å². The molecule has 8 heteroatoms. The zero-order valence-corrected chi connectivity index (χ0v) is 16.9. The molecular formula is C21H26N2O6. The van der Waals surface area contributed by atoms with Gasteiger partial charge in [0, 0.05) is 6.07 Å². The van der Waals surface area contributed by atoms with Crippen molar-refractivity contribution in [3.05, 3.63) is 41.5 Å². The van der Waals surface area contributed by atoms with Crippen molar-refractivity contribution in [1.29, 1.82) is 0 Å². The predicted molar refractivity (Wildman–Crippen MR) is 112 cm³/mol. The molecule has 0 bridgehead atoms. The first-order chi connectivity index (χ1) is 14.0. The summed E-state index contributed by atoms with van der Waals surface area (Å²) < 4.78 is 21.3. The van der Waals surface area contributed by atoms with Gasteiger partial charge < -0.3 is 35.1 Å². The normalized spacial score (nSPS) is 11.8. The SMILES string of the molecule is COc1ccc(/C=C\c2cc(OC)c(OC)c(OC)c2)c(NC(=O)[C@@H](N)CO)c1. The Hall–Kier alpha value is -3.23. The van der Waals surface area contributed by atoms with Crippen LogP contribution in [-0.2, 0) is 4.79 Å². The molecule has 0 aliphatic rings. The average molecular weight is 402 g/mol. The number of carbonyl (C=O) groups is 1. The molecule has 156 valence electrons. The van der Waals surface area contributed by atoms with E-state index in [4.69, 9.17) is 29.8 Å². The molecule has 2 aromatic rings. The topological polar surface area (TPSA) is 112 Å². The van der Waals surface area contributed by atoms with E-state index in [0.717, 1.165) is 11.1 Å². The van der Waals surface area contributed by atoms with E-state index in [2.05, 4.69) is 5.32 Å². The fourth-order valence-corrected chi connectivity index (χ4v) is 2.61. The number of anilines is 1. The second-order valence-corrected chi connectivity index (χ2v) is 6.02. The third-order valence-corrected chi connectivity index (χ3v) is 4.19. The van der Waals surface area contributed by atoms with Gasteiger partial charge in [-0.25, -0.2) is 0 Å². The minimum absolute atomic E-state index is 0.452. The summed E-state index contributed by atoms with van der Waals surface area (Å²) in [7, 11) is 6.17. The van der Waals surface area contributed by atoms with Crippen LogP contribution in [0.3, 0.4) is 0 Å². The first-order valence-electron chi connectivity index (χ1n) is 8.80. The number of aliphatic hydroxyl groups is 1. The van der Waals surface area contributed by atoms with Crippen molar-refractivity contribution in [3.63, 3.8) is 0 Å². The van der Waals surface area contributed by atoms with Crippen molar-refractivity contribution in [1.82, 2.24) is 0 Å². The molecule has 0 aliphatic heterocycles. The minimum atomic E-state index is -1.02. The summed E-state index contributed by atoms with van der Waals surface area (Å²) in [6.07, 6.45) is 3.66. The van der Waals surface area contributed by atoms with E-state index in [1.807, 2.05) is 12.2 Å². The lowest BCUT2D eigenvalue weighted by Gasteiger charge is -2.14. The number of carbonyl (C=O) groups excluding carboxylic acids is 1. The molecule has 0 aromatic heterocycles. The molecule has 0 saturated carbocycles.